The van der Waals surface area contributed by atoms with Crippen LogP contribution in [0.15, 0.2) is 35.5 Å². The Morgan fingerprint density at radius 3 is 2.72 bits per heavy atom. The average Bonchev–Trinajstić information content (AvgIpc) is 3.06. The number of nitrogens with zero attached hydrogens (tertiary/aromatic N) is 3. The number of methoxy groups -OCH3 is 1. The molecule has 1 unspecified atom stereocenters. The fourth-order valence-electron chi connectivity index (χ4n) is 2.79. The molecule has 7 nitrogen and oxygen atoms in total. The highest BCUT2D eigenvalue weighted by atomic mass is 32.2. The van der Waals surface area contributed by atoms with Gasteiger partial charge in [0.25, 0.3) is 0 Å². The first-order chi connectivity index (χ1) is 11.9. The number of aryl methyl sites for hydroxylation is 2. The fraction of sp³-hybridized carbons (Fsp3) is 0.412. The lowest BCUT2D eigenvalue weighted by Crippen LogP contribution is -2.31. The molecule has 2 aromatic rings. The Hall–Kier alpha value is -2.19. The van der Waals surface area contributed by atoms with Gasteiger partial charge in [-0.2, -0.15) is 9.29 Å². The second-order valence-corrected chi connectivity index (χ2v) is 7.97. The van der Waals surface area contributed by atoms with Gasteiger partial charge < -0.3 is 9.47 Å². The quantitative estimate of drug-likeness (QED) is 0.807. The minimum atomic E-state index is -3.54. The molecule has 3 rings (SSSR count). The molecule has 1 aliphatic rings. The zero-order chi connectivity index (χ0) is 18.0. The monoisotopic (exact) mass is 363 g/mol. The van der Waals surface area contributed by atoms with E-state index in [4.69, 9.17) is 9.47 Å². The molecule has 1 atom stereocenters. The summed E-state index contributed by atoms with van der Waals surface area (Å²) in [5.41, 5.74) is 1.66. The molecule has 0 N–H and O–H groups in total. The molecule has 0 spiro atoms. The van der Waals surface area contributed by atoms with E-state index in [0.717, 1.165) is 11.1 Å². The summed E-state index contributed by atoms with van der Waals surface area (Å²) < 4.78 is 38.1. The number of ether oxygens (including phenoxy) is 2. The van der Waals surface area contributed by atoms with E-state index in [0.29, 0.717) is 29.6 Å². The molecule has 1 fully saturated rings. The van der Waals surface area contributed by atoms with Gasteiger partial charge in [-0.25, -0.2) is 8.42 Å². The molecule has 0 saturated carbocycles. The van der Waals surface area contributed by atoms with Crippen LogP contribution in [0.4, 0.5) is 0 Å². The number of aromatic nitrogens is 2. The van der Waals surface area contributed by atoms with E-state index in [2.05, 4.69) is 9.97 Å². The van der Waals surface area contributed by atoms with Crippen LogP contribution in [-0.2, 0) is 10.0 Å². The molecule has 0 aliphatic carbocycles. The van der Waals surface area contributed by atoms with Crippen LogP contribution in [0.2, 0.25) is 0 Å². The highest BCUT2D eigenvalue weighted by Gasteiger charge is 2.34. The van der Waals surface area contributed by atoms with Crippen molar-refractivity contribution >= 4 is 10.0 Å². The van der Waals surface area contributed by atoms with Crippen molar-refractivity contribution in [2.45, 2.75) is 31.3 Å². The third-order valence-electron chi connectivity index (χ3n) is 4.16. The Bertz CT molecular complexity index is 870. The van der Waals surface area contributed by atoms with E-state index in [1.54, 1.807) is 6.07 Å². The summed E-state index contributed by atoms with van der Waals surface area (Å²) in [4.78, 5) is 8.50. The van der Waals surface area contributed by atoms with E-state index in [9.17, 15) is 8.42 Å². The summed E-state index contributed by atoms with van der Waals surface area (Å²) >= 11 is 0. The van der Waals surface area contributed by atoms with Gasteiger partial charge in [0.2, 0.25) is 21.8 Å². The maximum Gasteiger partial charge on any atom is 0.243 e. The van der Waals surface area contributed by atoms with Crippen LogP contribution in [0.25, 0.3) is 0 Å². The van der Waals surface area contributed by atoms with Crippen LogP contribution in [0.1, 0.15) is 17.5 Å². The van der Waals surface area contributed by atoms with E-state index >= 15 is 0 Å². The minimum absolute atomic E-state index is 0.263. The zero-order valence-electron chi connectivity index (χ0n) is 14.5. The molecule has 134 valence electrons. The SMILES string of the molecule is COc1cncc(OC2CCN(S(=O)(=O)c3cc(C)ccc3C)C2)n1. The molecule has 1 aromatic carbocycles. The van der Waals surface area contributed by atoms with Crippen molar-refractivity contribution in [1.29, 1.82) is 0 Å². The molecule has 2 heterocycles. The van der Waals surface area contributed by atoms with Crippen molar-refractivity contribution in [3.8, 4) is 11.8 Å². The molecular formula is C17H21N3O4S. The van der Waals surface area contributed by atoms with Crippen LogP contribution in [0.5, 0.6) is 11.8 Å². The highest BCUT2D eigenvalue weighted by molar-refractivity contribution is 7.89. The third-order valence-corrected chi connectivity index (χ3v) is 6.16. The summed E-state index contributed by atoms with van der Waals surface area (Å²) in [5, 5.41) is 0. The lowest BCUT2D eigenvalue weighted by molar-refractivity contribution is 0.203. The van der Waals surface area contributed by atoms with E-state index in [1.165, 1.54) is 23.8 Å². The fourth-order valence-corrected chi connectivity index (χ4v) is 4.59. The van der Waals surface area contributed by atoms with Crippen LogP contribution >= 0.6 is 0 Å². The van der Waals surface area contributed by atoms with Gasteiger partial charge in [0.1, 0.15) is 6.10 Å². The number of rotatable bonds is 5. The standard InChI is InChI=1S/C17H21N3O4S/c1-12-4-5-13(2)15(8-12)25(21,22)20-7-6-14(11-20)24-17-10-18-9-16(19-17)23-3/h4-5,8-10,14H,6-7,11H2,1-3H3. The maximum atomic E-state index is 12.9. The Balaban J connectivity index is 1.74. The van der Waals surface area contributed by atoms with Gasteiger partial charge in [-0.1, -0.05) is 12.1 Å². The Kier molecular flexibility index (Phi) is 4.91. The van der Waals surface area contributed by atoms with Crippen molar-refractivity contribution in [3.05, 3.63) is 41.7 Å². The smallest absolute Gasteiger partial charge is 0.243 e. The Labute approximate surface area is 147 Å². The normalized spacial score (nSPS) is 18.3. The Morgan fingerprint density at radius 1 is 1.20 bits per heavy atom. The van der Waals surface area contributed by atoms with Gasteiger partial charge in [-0.05, 0) is 37.5 Å². The van der Waals surface area contributed by atoms with Crippen molar-refractivity contribution in [3.63, 3.8) is 0 Å². The molecule has 8 heteroatoms. The average molecular weight is 363 g/mol. The highest BCUT2D eigenvalue weighted by Crippen LogP contribution is 2.26. The number of benzene rings is 1. The molecule has 1 aliphatic heterocycles. The molecule has 0 radical (unpaired) electrons. The van der Waals surface area contributed by atoms with Gasteiger partial charge in [-0.3, -0.25) is 4.98 Å². The van der Waals surface area contributed by atoms with Crippen LogP contribution in [-0.4, -0.2) is 49.0 Å². The first-order valence-corrected chi connectivity index (χ1v) is 9.44. The largest absolute Gasteiger partial charge is 0.480 e. The van der Waals surface area contributed by atoms with Gasteiger partial charge in [-0.15, -0.1) is 0 Å². The van der Waals surface area contributed by atoms with Gasteiger partial charge >= 0.3 is 0 Å². The Morgan fingerprint density at radius 2 is 1.96 bits per heavy atom. The van der Waals surface area contributed by atoms with Gasteiger partial charge in [0, 0.05) is 6.54 Å². The van der Waals surface area contributed by atoms with Crippen molar-refractivity contribution < 1.29 is 17.9 Å². The molecule has 25 heavy (non-hydrogen) atoms. The van der Waals surface area contributed by atoms with Crippen molar-refractivity contribution in [1.82, 2.24) is 14.3 Å². The van der Waals surface area contributed by atoms with Crippen LogP contribution in [0, 0.1) is 13.8 Å². The van der Waals surface area contributed by atoms with Crippen LogP contribution in [0.3, 0.4) is 0 Å². The summed E-state index contributed by atoms with van der Waals surface area (Å²) in [6.45, 7) is 4.39. The lowest BCUT2D eigenvalue weighted by atomic mass is 10.2. The topological polar surface area (TPSA) is 81.6 Å². The minimum Gasteiger partial charge on any atom is -0.480 e. The molecule has 1 aromatic heterocycles. The lowest BCUT2D eigenvalue weighted by Gasteiger charge is -2.18. The number of hydrogen-bond acceptors (Lipinski definition) is 6. The first kappa shape index (κ1) is 17.6. The number of sulfonamides is 1. The molecular weight excluding hydrogens is 342 g/mol. The molecule has 0 amide bonds. The second-order valence-electron chi connectivity index (χ2n) is 6.06. The number of hydrogen-bond donors (Lipinski definition) is 0. The summed E-state index contributed by atoms with van der Waals surface area (Å²) in [6, 6.07) is 5.45. The first-order valence-electron chi connectivity index (χ1n) is 8.00. The van der Waals surface area contributed by atoms with E-state index in [1.807, 2.05) is 26.0 Å². The predicted octanol–water partition coefficient (Wildman–Crippen LogP) is 1.94. The molecule has 1 saturated heterocycles. The maximum absolute atomic E-state index is 12.9. The summed E-state index contributed by atoms with van der Waals surface area (Å²) in [7, 11) is -2.04. The predicted molar refractivity (Wildman–Crippen MR) is 92.3 cm³/mol. The summed E-state index contributed by atoms with van der Waals surface area (Å²) in [5.74, 6) is 0.686. The molecule has 0 bridgehead atoms. The summed E-state index contributed by atoms with van der Waals surface area (Å²) in [6.07, 6.45) is 3.31. The van der Waals surface area contributed by atoms with Crippen molar-refractivity contribution in [2.24, 2.45) is 0 Å². The van der Waals surface area contributed by atoms with E-state index in [-0.39, 0.29) is 12.6 Å². The van der Waals surface area contributed by atoms with Crippen molar-refractivity contribution in [2.75, 3.05) is 20.2 Å². The third kappa shape index (κ3) is 3.74. The van der Waals surface area contributed by atoms with Gasteiger partial charge in [0.05, 0.1) is 30.9 Å². The van der Waals surface area contributed by atoms with Crippen LogP contribution < -0.4 is 9.47 Å². The van der Waals surface area contributed by atoms with E-state index < -0.39 is 10.0 Å². The zero-order valence-corrected chi connectivity index (χ0v) is 15.3. The van der Waals surface area contributed by atoms with Gasteiger partial charge in [0.15, 0.2) is 0 Å². The second kappa shape index (κ2) is 6.97.